The number of hydrogen-bond acceptors (Lipinski definition) is 3. The molecule has 1 heterocycles. The summed E-state index contributed by atoms with van der Waals surface area (Å²) in [6.45, 7) is 1.21. The van der Waals surface area contributed by atoms with E-state index in [1.807, 2.05) is 48.5 Å². The van der Waals surface area contributed by atoms with E-state index in [9.17, 15) is 14.7 Å². The number of hydrogen-bond donors (Lipinski definition) is 2. The summed E-state index contributed by atoms with van der Waals surface area (Å²) in [7, 11) is 0. The predicted molar refractivity (Wildman–Crippen MR) is 103 cm³/mol. The van der Waals surface area contributed by atoms with Crippen LogP contribution in [0.2, 0.25) is 0 Å². The number of piperidine rings is 1. The van der Waals surface area contributed by atoms with E-state index < -0.39 is 11.5 Å². The van der Waals surface area contributed by atoms with Gasteiger partial charge >= 0.3 is 0 Å². The molecule has 2 aromatic rings. The summed E-state index contributed by atoms with van der Waals surface area (Å²) >= 11 is 0. The molecule has 1 aliphatic heterocycles. The lowest BCUT2D eigenvalue weighted by atomic mass is 9.91. The van der Waals surface area contributed by atoms with Crippen molar-refractivity contribution in [1.29, 1.82) is 0 Å². The summed E-state index contributed by atoms with van der Waals surface area (Å²) in [5.41, 5.74) is 0.380. The van der Waals surface area contributed by atoms with Gasteiger partial charge in [-0.2, -0.15) is 0 Å². The highest BCUT2D eigenvalue weighted by Crippen LogP contribution is 2.22. The second-order valence-electron chi connectivity index (χ2n) is 6.61. The maximum absolute atomic E-state index is 12.4. The molecule has 1 fully saturated rings. The molecule has 1 saturated heterocycles. The minimum absolute atomic E-state index is 0.0498. The van der Waals surface area contributed by atoms with Gasteiger partial charge in [-0.1, -0.05) is 54.5 Å². The monoisotopic (exact) mass is 362 g/mol. The highest BCUT2D eigenvalue weighted by molar-refractivity contribution is 5.94. The fraction of sp³-hybridized carbons (Fsp3) is 0.273. The molecule has 2 amide bonds. The molecule has 2 aromatic carbocycles. The number of amides is 2. The molecule has 0 unspecified atom stereocenters. The molecule has 0 aromatic heterocycles. The van der Waals surface area contributed by atoms with Crippen molar-refractivity contribution in [3.63, 3.8) is 0 Å². The van der Waals surface area contributed by atoms with Crippen LogP contribution in [0.15, 0.2) is 60.7 Å². The first kappa shape index (κ1) is 18.7. The number of likely N-dealkylation sites (tertiary alicyclic amines) is 1. The third-order valence-corrected chi connectivity index (χ3v) is 4.60. The third-order valence-electron chi connectivity index (χ3n) is 4.60. The third kappa shape index (κ3) is 5.19. The summed E-state index contributed by atoms with van der Waals surface area (Å²) < 4.78 is 0. The van der Waals surface area contributed by atoms with Crippen LogP contribution in [0, 0.1) is 11.8 Å². The standard InChI is InChI=1S/C22H22N2O3/c25-20(23-17-18-7-3-1-4-8-18)11-12-22(27)13-15-24(16-14-22)21(26)19-9-5-2-6-10-19/h1-10,27H,13-17H2,(H,23,25). The molecule has 2 N–H and O–H groups in total. The first-order valence-electron chi connectivity index (χ1n) is 8.97. The zero-order chi connectivity index (χ0) is 19.1. The highest BCUT2D eigenvalue weighted by Gasteiger charge is 2.32. The first-order chi connectivity index (χ1) is 13.1. The molecule has 5 nitrogen and oxygen atoms in total. The summed E-state index contributed by atoms with van der Waals surface area (Å²) in [6, 6.07) is 18.6. The number of aliphatic hydroxyl groups is 1. The number of benzene rings is 2. The normalized spacial score (nSPS) is 15.4. The van der Waals surface area contributed by atoms with Crippen molar-refractivity contribution in [3.05, 3.63) is 71.8 Å². The fourth-order valence-corrected chi connectivity index (χ4v) is 2.96. The van der Waals surface area contributed by atoms with Gasteiger partial charge in [0.05, 0.1) is 0 Å². The molecule has 0 bridgehead atoms. The molecule has 5 heteroatoms. The number of nitrogens with one attached hydrogen (secondary N) is 1. The van der Waals surface area contributed by atoms with Gasteiger partial charge in [0.15, 0.2) is 0 Å². The molecule has 0 atom stereocenters. The lowest BCUT2D eigenvalue weighted by Crippen LogP contribution is -2.46. The van der Waals surface area contributed by atoms with Gasteiger partial charge < -0.3 is 15.3 Å². The van der Waals surface area contributed by atoms with E-state index in [1.54, 1.807) is 17.0 Å². The Morgan fingerprint density at radius 3 is 2.22 bits per heavy atom. The van der Waals surface area contributed by atoms with Crippen LogP contribution in [0.5, 0.6) is 0 Å². The topological polar surface area (TPSA) is 69.6 Å². The number of rotatable bonds is 3. The van der Waals surface area contributed by atoms with Crippen molar-refractivity contribution in [1.82, 2.24) is 10.2 Å². The van der Waals surface area contributed by atoms with E-state index >= 15 is 0 Å². The van der Waals surface area contributed by atoms with Gasteiger partial charge in [0.1, 0.15) is 5.60 Å². The Labute approximate surface area is 159 Å². The molecule has 27 heavy (non-hydrogen) atoms. The minimum atomic E-state index is -1.24. The van der Waals surface area contributed by atoms with Crippen LogP contribution in [-0.2, 0) is 11.3 Å². The second kappa shape index (κ2) is 8.52. The molecular weight excluding hydrogens is 340 g/mol. The van der Waals surface area contributed by atoms with Gasteiger partial charge in [0, 0.05) is 38.0 Å². The Balaban J connectivity index is 1.51. The molecular formula is C22H22N2O3. The van der Waals surface area contributed by atoms with Crippen LogP contribution in [0.1, 0.15) is 28.8 Å². The van der Waals surface area contributed by atoms with E-state index in [1.165, 1.54) is 0 Å². The molecule has 0 spiro atoms. The van der Waals surface area contributed by atoms with E-state index in [-0.39, 0.29) is 5.91 Å². The van der Waals surface area contributed by atoms with Crippen LogP contribution < -0.4 is 5.32 Å². The Hall–Kier alpha value is -3.10. The van der Waals surface area contributed by atoms with E-state index in [0.717, 1.165) is 5.56 Å². The van der Waals surface area contributed by atoms with Crippen LogP contribution in [0.4, 0.5) is 0 Å². The van der Waals surface area contributed by atoms with Gasteiger partial charge in [-0.3, -0.25) is 9.59 Å². The summed E-state index contributed by atoms with van der Waals surface area (Å²) in [6.07, 6.45) is 0.648. The number of carbonyl (C=O) groups excluding carboxylic acids is 2. The fourth-order valence-electron chi connectivity index (χ4n) is 2.96. The predicted octanol–water partition coefficient (Wildman–Crippen LogP) is 1.97. The van der Waals surface area contributed by atoms with Crippen molar-refractivity contribution in [2.75, 3.05) is 13.1 Å². The van der Waals surface area contributed by atoms with Gasteiger partial charge in [0.2, 0.25) is 0 Å². The van der Waals surface area contributed by atoms with Gasteiger partial charge in [-0.25, -0.2) is 0 Å². The lowest BCUT2D eigenvalue weighted by Gasteiger charge is -2.35. The molecule has 3 rings (SSSR count). The van der Waals surface area contributed by atoms with Crippen molar-refractivity contribution in [2.45, 2.75) is 25.0 Å². The van der Waals surface area contributed by atoms with Crippen LogP contribution in [-0.4, -0.2) is 40.5 Å². The van der Waals surface area contributed by atoms with Crippen molar-refractivity contribution in [2.24, 2.45) is 0 Å². The smallest absolute Gasteiger partial charge is 0.296 e. The van der Waals surface area contributed by atoms with E-state index in [0.29, 0.717) is 38.0 Å². The Morgan fingerprint density at radius 2 is 1.59 bits per heavy atom. The van der Waals surface area contributed by atoms with E-state index in [2.05, 4.69) is 17.2 Å². The average Bonchev–Trinajstić information content (AvgIpc) is 2.72. The molecule has 138 valence electrons. The van der Waals surface area contributed by atoms with Crippen LogP contribution in [0.25, 0.3) is 0 Å². The minimum Gasteiger partial charge on any atom is -0.377 e. The van der Waals surface area contributed by atoms with Gasteiger partial charge in [-0.15, -0.1) is 0 Å². The maximum Gasteiger partial charge on any atom is 0.296 e. The van der Waals surface area contributed by atoms with Crippen LogP contribution >= 0.6 is 0 Å². The van der Waals surface area contributed by atoms with Crippen molar-refractivity contribution < 1.29 is 14.7 Å². The summed E-state index contributed by atoms with van der Waals surface area (Å²) in [4.78, 5) is 26.0. The van der Waals surface area contributed by atoms with Crippen molar-refractivity contribution >= 4 is 11.8 Å². The maximum atomic E-state index is 12.4. The van der Waals surface area contributed by atoms with E-state index in [4.69, 9.17) is 0 Å². The first-order valence-corrected chi connectivity index (χ1v) is 8.97. The average molecular weight is 362 g/mol. The summed E-state index contributed by atoms with van der Waals surface area (Å²) in [5, 5.41) is 13.3. The second-order valence-corrected chi connectivity index (χ2v) is 6.61. The van der Waals surface area contributed by atoms with Gasteiger partial charge in [-0.05, 0) is 23.6 Å². The SMILES string of the molecule is O=C(C#CC1(O)CCN(C(=O)c2ccccc2)CC1)NCc1ccccc1. The lowest BCUT2D eigenvalue weighted by molar-refractivity contribution is -0.115. The Kier molecular flexibility index (Phi) is 5.90. The molecule has 0 radical (unpaired) electrons. The molecule has 0 aliphatic carbocycles. The van der Waals surface area contributed by atoms with Crippen molar-refractivity contribution in [3.8, 4) is 11.8 Å². The number of carbonyl (C=O) groups is 2. The van der Waals surface area contributed by atoms with Gasteiger partial charge in [0.25, 0.3) is 11.8 Å². The Morgan fingerprint density at radius 1 is 1.00 bits per heavy atom. The zero-order valence-corrected chi connectivity index (χ0v) is 15.0. The quantitative estimate of drug-likeness (QED) is 0.821. The largest absolute Gasteiger partial charge is 0.377 e. The zero-order valence-electron chi connectivity index (χ0n) is 15.0. The highest BCUT2D eigenvalue weighted by atomic mass is 16.3. The molecule has 0 saturated carbocycles. The summed E-state index contributed by atoms with van der Waals surface area (Å²) in [5.74, 6) is 4.70. The number of nitrogens with zero attached hydrogens (tertiary/aromatic N) is 1. The Bertz CT molecular complexity index is 845. The van der Waals surface area contributed by atoms with Crippen LogP contribution in [0.3, 0.4) is 0 Å². The molecule has 1 aliphatic rings.